The van der Waals surface area contributed by atoms with Gasteiger partial charge in [-0.2, -0.15) is 5.10 Å². The molecule has 0 aliphatic carbocycles. The van der Waals surface area contributed by atoms with E-state index in [4.69, 9.17) is 10.5 Å². The summed E-state index contributed by atoms with van der Waals surface area (Å²) < 4.78 is 31.6. The molecule has 0 spiro atoms. The number of benzene rings is 2. The molecule has 0 aliphatic heterocycles. The van der Waals surface area contributed by atoms with Crippen LogP contribution >= 0.6 is 0 Å². The monoisotopic (exact) mass is 305 g/mol. The van der Waals surface area contributed by atoms with Crippen molar-refractivity contribution in [2.45, 2.75) is 0 Å². The van der Waals surface area contributed by atoms with E-state index in [2.05, 4.69) is 5.10 Å². The number of nitrogens with zero attached hydrogens (tertiary/aromatic N) is 2. The number of amides is 2. The van der Waals surface area contributed by atoms with Crippen molar-refractivity contribution in [3.63, 3.8) is 0 Å². The first kappa shape index (κ1) is 15.4. The van der Waals surface area contributed by atoms with Crippen molar-refractivity contribution >= 4 is 12.2 Å². The second-order valence-electron chi connectivity index (χ2n) is 4.35. The van der Waals surface area contributed by atoms with Gasteiger partial charge in [-0.25, -0.2) is 18.6 Å². The van der Waals surface area contributed by atoms with Gasteiger partial charge in [-0.1, -0.05) is 0 Å². The molecule has 0 saturated heterocycles. The highest BCUT2D eigenvalue weighted by molar-refractivity contribution is 5.81. The highest BCUT2D eigenvalue weighted by atomic mass is 19.1. The number of hydrogen-bond acceptors (Lipinski definition) is 3. The van der Waals surface area contributed by atoms with E-state index >= 15 is 0 Å². The zero-order chi connectivity index (χ0) is 16.1. The Kier molecular flexibility index (Phi) is 4.67. The van der Waals surface area contributed by atoms with E-state index in [0.717, 1.165) is 17.1 Å². The molecule has 2 amide bonds. The third-order valence-corrected chi connectivity index (χ3v) is 2.70. The molecular formula is C15H13F2N3O2. The topological polar surface area (TPSA) is 67.9 Å². The van der Waals surface area contributed by atoms with Crippen LogP contribution in [0.3, 0.4) is 0 Å². The molecule has 0 aromatic heterocycles. The van der Waals surface area contributed by atoms with Crippen molar-refractivity contribution in [2.75, 3.05) is 7.05 Å². The molecule has 0 saturated carbocycles. The predicted octanol–water partition coefficient (Wildman–Crippen LogP) is 3.10. The molecule has 0 unspecified atom stereocenters. The van der Waals surface area contributed by atoms with Gasteiger partial charge >= 0.3 is 6.03 Å². The summed E-state index contributed by atoms with van der Waals surface area (Å²) in [6.45, 7) is 0. The first-order valence-electron chi connectivity index (χ1n) is 6.26. The summed E-state index contributed by atoms with van der Waals surface area (Å²) in [6.07, 6.45) is 1.44. The van der Waals surface area contributed by atoms with Gasteiger partial charge in [0, 0.05) is 13.1 Å². The summed E-state index contributed by atoms with van der Waals surface area (Å²) in [7, 11) is 1.42. The lowest BCUT2D eigenvalue weighted by Gasteiger charge is -2.07. The van der Waals surface area contributed by atoms with Gasteiger partial charge in [0.05, 0.1) is 6.21 Å². The number of ether oxygens (including phenoxy) is 1. The van der Waals surface area contributed by atoms with E-state index in [-0.39, 0.29) is 5.75 Å². The number of hydrazone groups is 1. The number of urea groups is 1. The number of nitrogens with two attached hydrogens (primary N) is 1. The van der Waals surface area contributed by atoms with E-state index in [9.17, 15) is 13.6 Å². The standard InChI is InChI=1S/C15H13F2N3O2/c1-20(15(18)21)19-9-10-2-5-12(6-3-10)22-14-7-4-11(16)8-13(14)17/h2-9H,1H3,(H2,18,21). The van der Waals surface area contributed by atoms with Crippen LogP contribution in [0.15, 0.2) is 47.6 Å². The second-order valence-corrected chi connectivity index (χ2v) is 4.35. The third-order valence-electron chi connectivity index (χ3n) is 2.70. The van der Waals surface area contributed by atoms with Gasteiger partial charge in [-0.15, -0.1) is 0 Å². The number of primary amides is 1. The van der Waals surface area contributed by atoms with Crippen LogP contribution in [0, 0.1) is 11.6 Å². The van der Waals surface area contributed by atoms with Crippen molar-refractivity contribution < 1.29 is 18.3 Å². The Labute approximate surface area is 125 Å². The van der Waals surface area contributed by atoms with Crippen LogP contribution in [0.2, 0.25) is 0 Å². The molecule has 5 nitrogen and oxygen atoms in total. The SMILES string of the molecule is CN(N=Cc1ccc(Oc2ccc(F)cc2F)cc1)C(N)=O. The molecule has 0 heterocycles. The Morgan fingerprint density at radius 1 is 1.23 bits per heavy atom. The lowest BCUT2D eigenvalue weighted by Crippen LogP contribution is -2.27. The summed E-state index contributed by atoms with van der Waals surface area (Å²) in [4.78, 5) is 10.8. The first-order chi connectivity index (χ1) is 10.5. The van der Waals surface area contributed by atoms with Gasteiger partial charge < -0.3 is 10.5 Å². The Bertz CT molecular complexity index is 702. The lowest BCUT2D eigenvalue weighted by molar-refractivity contribution is 0.220. The minimum absolute atomic E-state index is 0.0729. The van der Waals surface area contributed by atoms with Crippen molar-refractivity contribution in [1.82, 2.24) is 5.01 Å². The Balaban J connectivity index is 2.07. The van der Waals surface area contributed by atoms with Gasteiger partial charge in [-0.3, -0.25) is 0 Å². The molecule has 0 fully saturated rings. The minimum Gasteiger partial charge on any atom is -0.454 e. The number of carbonyl (C=O) groups is 1. The molecule has 0 atom stereocenters. The van der Waals surface area contributed by atoms with E-state index in [1.807, 2.05) is 0 Å². The Morgan fingerprint density at radius 2 is 1.91 bits per heavy atom. The quantitative estimate of drug-likeness (QED) is 0.696. The van der Waals surface area contributed by atoms with Crippen molar-refractivity contribution in [3.05, 3.63) is 59.7 Å². The molecule has 0 radical (unpaired) electrons. The summed E-state index contributed by atoms with van der Waals surface area (Å²) in [5.74, 6) is -1.15. The maximum atomic E-state index is 13.5. The number of carbonyl (C=O) groups excluding carboxylic acids is 1. The van der Waals surface area contributed by atoms with Crippen LogP contribution in [0.1, 0.15) is 5.56 Å². The fourth-order valence-electron chi connectivity index (χ4n) is 1.52. The molecule has 22 heavy (non-hydrogen) atoms. The third kappa shape index (κ3) is 4.02. The highest BCUT2D eigenvalue weighted by Gasteiger charge is 2.06. The highest BCUT2D eigenvalue weighted by Crippen LogP contribution is 2.24. The first-order valence-corrected chi connectivity index (χ1v) is 6.26. The van der Waals surface area contributed by atoms with Gasteiger partial charge in [0.2, 0.25) is 0 Å². The van der Waals surface area contributed by atoms with Gasteiger partial charge in [0.15, 0.2) is 11.6 Å². The fourth-order valence-corrected chi connectivity index (χ4v) is 1.52. The molecular weight excluding hydrogens is 292 g/mol. The summed E-state index contributed by atoms with van der Waals surface area (Å²) >= 11 is 0. The lowest BCUT2D eigenvalue weighted by atomic mass is 10.2. The molecule has 0 bridgehead atoms. The van der Waals surface area contributed by atoms with E-state index in [1.54, 1.807) is 24.3 Å². The van der Waals surface area contributed by atoms with E-state index < -0.39 is 17.7 Å². The van der Waals surface area contributed by atoms with Crippen molar-refractivity contribution in [1.29, 1.82) is 0 Å². The Morgan fingerprint density at radius 3 is 2.50 bits per heavy atom. The minimum atomic E-state index is -0.784. The van der Waals surface area contributed by atoms with Crippen molar-refractivity contribution in [2.24, 2.45) is 10.8 Å². The maximum Gasteiger partial charge on any atom is 0.334 e. The molecule has 2 aromatic rings. The molecule has 0 aliphatic rings. The maximum absolute atomic E-state index is 13.5. The van der Waals surface area contributed by atoms with Crippen LogP contribution in [-0.4, -0.2) is 24.3 Å². The van der Waals surface area contributed by atoms with Crippen LogP contribution in [0.5, 0.6) is 11.5 Å². The fraction of sp³-hybridized carbons (Fsp3) is 0.0667. The normalized spacial score (nSPS) is 10.7. The van der Waals surface area contributed by atoms with Crippen LogP contribution < -0.4 is 10.5 Å². The number of hydrogen-bond donors (Lipinski definition) is 1. The summed E-state index contributed by atoms with van der Waals surface area (Å²) in [5, 5.41) is 4.81. The van der Waals surface area contributed by atoms with Crippen LogP contribution in [0.25, 0.3) is 0 Å². The molecule has 114 valence electrons. The van der Waals surface area contributed by atoms with Gasteiger partial charge in [0.25, 0.3) is 0 Å². The zero-order valence-corrected chi connectivity index (χ0v) is 11.7. The predicted molar refractivity (Wildman–Crippen MR) is 77.8 cm³/mol. The van der Waals surface area contributed by atoms with Crippen LogP contribution in [0.4, 0.5) is 13.6 Å². The van der Waals surface area contributed by atoms with Crippen LogP contribution in [-0.2, 0) is 0 Å². The molecule has 2 aromatic carbocycles. The summed E-state index contributed by atoms with van der Waals surface area (Å²) in [5.41, 5.74) is 5.72. The average Bonchev–Trinajstić information content (AvgIpc) is 2.49. The largest absolute Gasteiger partial charge is 0.454 e. The smallest absolute Gasteiger partial charge is 0.334 e. The van der Waals surface area contributed by atoms with E-state index in [0.29, 0.717) is 11.3 Å². The number of rotatable bonds is 4. The molecule has 2 rings (SSSR count). The van der Waals surface area contributed by atoms with Gasteiger partial charge in [-0.05, 0) is 42.0 Å². The average molecular weight is 305 g/mol. The van der Waals surface area contributed by atoms with E-state index in [1.165, 1.54) is 19.3 Å². The summed E-state index contributed by atoms with van der Waals surface area (Å²) in [6, 6.07) is 8.90. The molecule has 2 N–H and O–H groups in total. The van der Waals surface area contributed by atoms with Gasteiger partial charge in [0.1, 0.15) is 11.6 Å². The Hall–Kier alpha value is -2.96. The second kappa shape index (κ2) is 6.66. The zero-order valence-electron chi connectivity index (χ0n) is 11.7. The number of halogens is 2. The van der Waals surface area contributed by atoms with Crippen molar-refractivity contribution in [3.8, 4) is 11.5 Å². The molecule has 7 heteroatoms.